The van der Waals surface area contributed by atoms with Gasteiger partial charge >= 0.3 is 5.97 Å². The summed E-state index contributed by atoms with van der Waals surface area (Å²) in [5, 5.41) is 9.82. The van der Waals surface area contributed by atoms with Gasteiger partial charge in [-0.3, -0.25) is 9.59 Å². The first-order valence-corrected chi connectivity index (χ1v) is 9.45. The van der Waals surface area contributed by atoms with Gasteiger partial charge < -0.3 is 10.0 Å². The van der Waals surface area contributed by atoms with Crippen LogP contribution in [0.15, 0.2) is 29.2 Å². The molecule has 1 fully saturated rings. The van der Waals surface area contributed by atoms with Crippen LogP contribution >= 0.6 is 35.1 Å². The number of amides is 1. The molecule has 2 rings (SSSR count). The Kier molecular flexibility index (Phi) is 6.92. The van der Waals surface area contributed by atoms with Gasteiger partial charge in [0.05, 0.1) is 11.5 Å². The molecule has 0 radical (unpaired) electrons. The van der Waals surface area contributed by atoms with Crippen LogP contribution in [0, 0.1) is 0 Å². The van der Waals surface area contributed by atoms with Crippen molar-refractivity contribution in [3.05, 3.63) is 29.3 Å². The van der Waals surface area contributed by atoms with Crippen LogP contribution in [0.3, 0.4) is 0 Å². The summed E-state index contributed by atoms with van der Waals surface area (Å²) < 4.78 is 0. The Hall–Kier alpha value is -0.850. The lowest BCUT2D eigenvalue weighted by Crippen LogP contribution is -2.40. The summed E-state index contributed by atoms with van der Waals surface area (Å²) in [4.78, 5) is 25.5. The molecule has 1 amide bonds. The number of hydrogen-bond donors (Lipinski definition) is 1. The van der Waals surface area contributed by atoms with Crippen molar-refractivity contribution in [2.45, 2.75) is 23.0 Å². The van der Waals surface area contributed by atoms with Crippen molar-refractivity contribution >= 4 is 47.0 Å². The second-order valence-corrected chi connectivity index (χ2v) is 7.83. The van der Waals surface area contributed by atoms with E-state index in [9.17, 15) is 9.59 Å². The Bertz CT molecular complexity index is 516. The number of carbonyl (C=O) groups excluding carboxylic acids is 1. The second-order valence-electron chi connectivity index (χ2n) is 5.04. The number of carboxylic acid groups (broad SMARTS) is 1. The van der Waals surface area contributed by atoms with Crippen molar-refractivity contribution in [3.63, 3.8) is 0 Å². The quantitative estimate of drug-likeness (QED) is 0.845. The van der Waals surface area contributed by atoms with Crippen molar-refractivity contribution in [1.82, 2.24) is 4.90 Å². The van der Waals surface area contributed by atoms with E-state index in [0.29, 0.717) is 5.25 Å². The van der Waals surface area contributed by atoms with E-state index in [1.54, 1.807) is 0 Å². The Morgan fingerprint density at radius 2 is 1.82 bits per heavy atom. The number of benzene rings is 1. The number of rotatable bonds is 6. The van der Waals surface area contributed by atoms with Crippen LogP contribution in [-0.2, 0) is 9.59 Å². The fraction of sp³-hybridized carbons (Fsp3) is 0.467. The molecule has 0 aromatic heterocycles. The predicted octanol–water partition coefficient (Wildman–Crippen LogP) is 3.24. The van der Waals surface area contributed by atoms with Crippen molar-refractivity contribution in [3.8, 4) is 0 Å². The molecule has 1 heterocycles. The second kappa shape index (κ2) is 8.70. The maximum atomic E-state index is 12.0. The molecule has 0 unspecified atom stereocenters. The molecule has 0 saturated carbocycles. The summed E-state index contributed by atoms with van der Waals surface area (Å²) in [6.45, 7) is 1.50. The molecule has 1 N–H and O–H groups in total. The van der Waals surface area contributed by atoms with Crippen LogP contribution in [-0.4, -0.2) is 51.7 Å². The Morgan fingerprint density at radius 1 is 1.18 bits per heavy atom. The van der Waals surface area contributed by atoms with Gasteiger partial charge in [-0.2, -0.15) is 0 Å². The fourth-order valence-corrected chi connectivity index (χ4v) is 4.13. The number of halogens is 1. The lowest BCUT2D eigenvalue weighted by molar-refractivity contribution is -0.133. The van der Waals surface area contributed by atoms with Gasteiger partial charge in [0.1, 0.15) is 0 Å². The topological polar surface area (TPSA) is 57.6 Å². The van der Waals surface area contributed by atoms with E-state index in [1.165, 1.54) is 4.90 Å². The summed E-state index contributed by atoms with van der Waals surface area (Å²) in [5.74, 6) is -0.604. The van der Waals surface area contributed by atoms with E-state index in [2.05, 4.69) is 0 Å². The highest BCUT2D eigenvalue weighted by atomic mass is 35.5. The third kappa shape index (κ3) is 5.74. The Labute approximate surface area is 143 Å². The third-order valence-corrected chi connectivity index (χ3v) is 5.87. The van der Waals surface area contributed by atoms with Gasteiger partial charge in [-0.05, 0) is 37.1 Å². The van der Waals surface area contributed by atoms with E-state index in [-0.39, 0.29) is 17.4 Å². The summed E-state index contributed by atoms with van der Waals surface area (Å²) >= 11 is 8.87. The van der Waals surface area contributed by atoms with E-state index in [4.69, 9.17) is 16.7 Å². The molecular formula is C15H18ClNO3S2. The molecule has 1 aliphatic rings. The minimum atomic E-state index is -0.879. The lowest BCUT2D eigenvalue weighted by atomic mass is 10.1. The minimum Gasteiger partial charge on any atom is -0.481 e. The number of likely N-dealkylation sites (tertiary alicyclic amines) is 1. The van der Waals surface area contributed by atoms with E-state index in [0.717, 1.165) is 42.7 Å². The van der Waals surface area contributed by atoms with Gasteiger partial charge in [-0.1, -0.05) is 11.6 Å². The average Bonchev–Trinajstić information content (AvgIpc) is 2.50. The summed E-state index contributed by atoms with van der Waals surface area (Å²) in [7, 11) is 0. The molecule has 0 atom stereocenters. The summed E-state index contributed by atoms with van der Waals surface area (Å²) in [6, 6.07) is 7.82. The van der Waals surface area contributed by atoms with Gasteiger partial charge in [0.2, 0.25) is 5.91 Å². The number of carboxylic acids is 1. The first-order valence-electron chi connectivity index (χ1n) is 7.04. The molecule has 120 valence electrons. The van der Waals surface area contributed by atoms with E-state index >= 15 is 0 Å². The monoisotopic (exact) mass is 359 g/mol. The molecule has 22 heavy (non-hydrogen) atoms. The van der Waals surface area contributed by atoms with Crippen LogP contribution in [0.1, 0.15) is 12.8 Å². The van der Waals surface area contributed by atoms with Crippen LogP contribution < -0.4 is 0 Å². The predicted molar refractivity (Wildman–Crippen MR) is 91.9 cm³/mol. The highest BCUT2D eigenvalue weighted by Gasteiger charge is 2.23. The standard InChI is InChI=1S/C15H18ClNO3S2/c16-11-1-3-12(4-2-11)22-13-5-7-17(8-6-13)14(18)9-21-10-15(19)20/h1-4,13H,5-10H2,(H,19,20). The third-order valence-electron chi connectivity index (χ3n) is 3.36. The largest absolute Gasteiger partial charge is 0.481 e. The van der Waals surface area contributed by atoms with Crippen molar-refractivity contribution in [1.29, 1.82) is 0 Å². The van der Waals surface area contributed by atoms with E-state index in [1.807, 2.05) is 40.9 Å². The van der Waals surface area contributed by atoms with Gasteiger partial charge in [0.25, 0.3) is 0 Å². The number of nitrogens with zero attached hydrogens (tertiary/aromatic N) is 1. The van der Waals surface area contributed by atoms with E-state index < -0.39 is 5.97 Å². The zero-order valence-electron chi connectivity index (χ0n) is 12.0. The lowest BCUT2D eigenvalue weighted by Gasteiger charge is -2.31. The molecule has 0 bridgehead atoms. The number of thioether (sulfide) groups is 2. The maximum Gasteiger partial charge on any atom is 0.313 e. The summed E-state index contributed by atoms with van der Waals surface area (Å²) in [5.41, 5.74) is 0. The van der Waals surface area contributed by atoms with Crippen LogP contribution in [0.5, 0.6) is 0 Å². The van der Waals surface area contributed by atoms with Crippen LogP contribution in [0.4, 0.5) is 0 Å². The van der Waals surface area contributed by atoms with Crippen LogP contribution in [0.25, 0.3) is 0 Å². The van der Waals surface area contributed by atoms with Crippen molar-refractivity contribution in [2.24, 2.45) is 0 Å². The molecule has 1 saturated heterocycles. The average molecular weight is 360 g/mol. The number of piperidine rings is 1. The van der Waals surface area contributed by atoms with Gasteiger partial charge in [-0.15, -0.1) is 23.5 Å². The van der Waals surface area contributed by atoms with Crippen molar-refractivity contribution in [2.75, 3.05) is 24.6 Å². The van der Waals surface area contributed by atoms with Crippen molar-refractivity contribution < 1.29 is 14.7 Å². The Morgan fingerprint density at radius 3 is 2.41 bits per heavy atom. The van der Waals surface area contributed by atoms with Gasteiger partial charge in [-0.25, -0.2) is 0 Å². The Balaban J connectivity index is 1.72. The molecule has 7 heteroatoms. The molecule has 1 aromatic rings. The first kappa shape index (κ1) is 17.5. The highest BCUT2D eigenvalue weighted by Crippen LogP contribution is 2.31. The maximum absolute atomic E-state index is 12.0. The normalized spacial score (nSPS) is 15.8. The van der Waals surface area contributed by atoms with Gasteiger partial charge in [0.15, 0.2) is 0 Å². The molecule has 1 aromatic carbocycles. The van der Waals surface area contributed by atoms with Gasteiger partial charge in [0, 0.05) is 28.3 Å². The first-order chi connectivity index (χ1) is 10.5. The highest BCUT2D eigenvalue weighted by molar-refractivity contribution is 8.00. The molecule has 0 spiro atoms. The molecule has 1 aliphatic heterocycles. The number of carbonyl (C=O) groups is 2. The summed E-state index contributed by atoms with van der Waals surface area (Å²) in [6.07, 6.45) is 1.92. The minimum absolute atomic E-state index is 0.0192. The SMILES string of the molecule is O=C(O)CSCC(=O)N1CCC(Sc2ccc(Cl)cc2)CC1. The fourth-order valence-electron chi connectivity index (χ4n) is 2.25. The molecule has 4 nitrogen and oxygen atoms in total. The molecule has 0 aliphatic carbocycles. The zero-order chi connectivity index (χ0) is 15.9. The zero-order valence-corrected chi connectivity index (χ0v) is 14.4. The number of aliphatic carboxylic acids is 1. The molecular weight excluding hydrogens is 342 g/mol. The van der Waals surface area contributed by atoms with Crippen LogP contribution in [0.2, 0.25) is 5.02 Å². The number of hydrogen-bond acceptors (Lipinski definition) is 4. The smallest absolute Gasteiger partial charge is 0.313 e.